The number of rotatable bonds is 4. The number of aromatic nitrogens is 2. The van der Waals surface area contributed by atoms with Crippen molar-refractivity contribution in [3.05, 3.63) is 11.3 Å². The maximum absolute atomic E-state index is 11.4. The van der Waals surface area contributed by atoms with Crippen molar-refractivity contribution in [1.29, 1.82) is 0 Å². The summed E-state index contributed by atoms with van der Waals surface area (Å²) in [5, 5.41) is 10.8. The molecule has 0 bridgehead atoms. The second-order valence-corrected chi connectivity index (χ2v) is 4.88. The van der Waals surface area contributed by atoms with Crippen molar-refractivity contribution in [3.63, 3.8) is 0 Å². The summed E-state index contributed by atoms with van der Waals surface area (Å²) in [6.45, 7) is 8.19. The zero-order chi connectivity index (χ0) is 13.8. The van der Waals surface area contributed by atoms with Crippen molar-refractivity contribution in [2.75, 3.05) is 31.1 Å². The molecule has 6 heteroatoms. The monoisotopic (exact) mass is 265 g/mol. The van der Waals surface area contributed by atoms with Gasteiger partial charge < -0.3 is 15.5 Å². The summed E-state index contributed by atoms with van der Waals surface area (Å²) in [4.78, 5) is 13.7. The minimum absolute atomic E-state index is 0.134. The molecule has 0 aromatic carbocycles. The highest BCUT2D eigenvalue weighted by Gasteiger charge is 2.21. The third-order valence-electron chi connectivity index (χ3n) is 3.48. The molecule has 19 heavy (non-hydrogen) atoms. The Morgan fingerprint density at radius 2 is 2.21 bits per heavy atom. The van der Waals surface area contributed by atoms with Crippen LogP contribution in [0, 0.1) is 6.92 Å². The first-order valence-corrected chi connectivity index (χ1v) is 6.88. The average molecular weight is 265 g/mol. The summed E-state index contributed by atoms with van der Waals surface area (Å²) in [7, 11) is 1.97. The van der Waals surface area contributed by atoms with E-state index in [4.69, 9.17) is 0 Å². The van der Waals surface area contributed by atoms with E-state index in [2.05, 4.69) is 27.6 Å². The molecule has 1 amide bonds. The molecule has 0 unspecified atom stereocenters. The molecular weight excluding hydrogens is 242 g/mol. The van der Waals surface area contributed by atoms with Crippen molar-refractivity contribution < 1.29 is 4.79 Å². The maximum Gasteiger partial charge on any atom is 0.221 e. The highest BCUT2D eigenvalue weighted by Crippen LogP contribution is 2.23. The molecule has 1 aliphatic rings. The van der Waals surface area contributed by atoms with Crippen LogP contribution >= 0.6 is 0 Å². The standard InChI is InChI=1S/C13H23N5O/c1-4-14-9-11-10(2)16-17(3)13(11)18-7-5-12(19)15-6-8-18/h14H,4-9H2,1-3H3,(H,15,19). The molecule has 1 aromatic rings. The van der Waals surface area contributed by atoms with Crippen LogP contribution in [0.2, 0.25) is 0 Å². The summed E-state index contributed by atoms with van der Waals surface area (Å²) in [5.41, 5.74) is 2.29. The van der Waals surface area contributed by atoms with Crippen molar-refractivity contribution >= 4 is 11.7 Å². The zero-order valence-electron chi connectivity index (χ0n) is 12.0. The predicted molar refractivity (Wildman–Crippen MR) is 75.2 cm³/mol. The van der Waals surface area contributed by atoms with Gasteiger partial charge in [-0.05, 0) is 13.5 Å². The van der Waals surface area contributed by atoms with E-state index in [0.717, 1.165) is 37.7 Å². The zero-order valence-corrected chi connectivity index (χ0v) is 12.0. The van der Waals surface area contributed by atoms with Gasteiger partial charge in [0.25, 0.3) is 0 Å². The molecule has 1 saturated heterocycles. The van der Waals surface area contributed by atoms with E-state index in [-0.39, 0.29) is 5.91 Å². The van der Waals surface area contributed by atoms with Crippen molar-refractivity contribution in [3.8, 4) is 0 Å². The molecule has 1 aliphatic heterocycles. The van der Waals surface area contributed by atoms with Gasteiger partial charge in [0.2, 0.25) is 5.91 Å². The molecule has 0 saturated carbocycles. The van der Waals surface area contributed by atoms with Crippen molar-refractivity contribution in [1.82, 2.24) is 20.4 Å². The van der Waals surface area contributed by atoms with Crippen LogP contribution in [0.3, 0.4) is 0 Å². The van der Waals surface area contributed by atoms with Gasteiger partial charge in [-0.25, -0.2) is 0 Å². The first kappa shape index (κ1) is 13.9. The van der Waals surface area contributed by atoms with E-state index in [0.29, 0.717) is 13.0 Å². The first-order chi connectivity index (χ1) is 9.13. The summed E-state index contributed by atoms with van der Waals surface area (Å²) < 4.78 is 1.93. The molecule has 0 atom stereocenters. The summed E-state index contributed by atoms with van der Waals surface area (Å²) in [5.74, 6) is 1.27. The quantitative estimate of drug-likeness (QED) is 0.814. The fraction of sp³-hybridized carbons (Fsp3) is 0.692. The van der Waals surface area contributed by atoms with Gasteiger partial charge in [-0.1, -0.05) is 6.92 Å². The molecule has 6 nitrogen and oxygen atoms in total. The predicted octanol–water partition coefficient (Wildman–Crippen LogP) is 0.164. The molecule has 2 rings (SSSR count). The average Bonchev–Trinajstić information content (AvgIpc) is 2.53. The lowest BCUT2D eigenvalue weighted by molar-refractivity contribution is -0.120. The lowest BCUT2D eigenvalue weighted by atomic mass is 10.2. The Bertz CT molecular complexity index is 454. The van der Waals surface area contributed by atoms with Crippen molar-refractivity contribution in [2.45, 2.75) is 26.8 Å². The second-order valence-electron chi connectivity index (χ2n) is 4.88. The third kappa shape index (κ3) is 3.07. The fourth-order valence-electron chi connectivity index (χ4n) is 2.52. The number of anilines is 1. The van der Waals surface area contributed by atoms with E-state index in [1.807, 2.05) is 18.7 Å². The van der Waals surface area contributed by atoms with Gasteiger partial charge in [-0.3, -0.25) is 9.48 Å². The summed E-state index contributed by atoms with van der Waals surface area (Å²) in [6.07, 6.45) is 0.547. The number of amides is 1. The van der Waals surface area contributed by atoms with Gasteiger partial charge in [0.15, 0.2) is 0 Å². The molecule has 0 radical (unpaired) electrons. The van der Waals surface area contributed by atoms with E-state index in [1.54, 1.807) is 0 Å². The molecule has 0 aliphatic carbocycles. The lowest BCUT2D eigenvalue weighted by Gasteiger charge is -2.23. The Morgan fingerprint density at radius 3 is 2.95 bits per heavy atom. The molecule has 1 aromatic heterocycles. The maximum atomic E-state index is 11.4. The third-order valence-corrected chi connectivity index (χ3v) is 3.48. The molecule has 106 valence electrons. The second kappa shape index (κ2) is 6.06. The molecule has 0 spiro atoms. The topological polar surface area (TPSA) is 62.2 Å². The SMILES string of the molecule is CCNCc1c(C)nn(C)c1N1CCNC(=O)CC1. The molecule has 2 heterocycles. The van der Waals surface area contributed by atoms with Crippen LogP contribution in [0.4, 0.5) is 5.82 Å². The molecule has 1 fully saturated rings. The van der Waals surface area contributed by atoms with Crippen LogP contribution in [0.1, 0.15) is 24.6 Å². The van der Waals surface area contributed by atoms with Gasteiger partial charge in [-0.2, -0.15) is 5.10 Å². The normalized spacial score (nSPS) is 16.4. The van der Waals surface area contributed by atoms with Gasteiger partial charge in [0.1, 0.15) is 5.82 Å². The van der Waals surface area contributed by atoms with Crippen LogP contribution in [0.25, 0.3) is 0 Å². The minimum Gasteiger partial charge on any atom is -0.354 e. The largest absolute Gasteiger partial charge is 0.354 e. The van der Waals surface area contributed by atoms with Gasteiger partial charge in [-0.15, -0.1) is 0 Å². The molecule has 2 N–H and O–H groups in total. The number of carbonyl (C=O) groups is 1. The van der Waals surface area contributed by atoms with Gasteiger partial charge in [0, 0.05) is 45.2 Å². The van der Waals surface area contributed by atoms with Crippen LogP contribution in [0.15, 0.2) is 0 Å². The number of aryl methyl sites for hydroxylation is 2. The van der Waals surface area contributed by atoms with Gasteiger partial charge >= 0.3 is 0 Å². The summed E-state index contributed by atoms with van der Waals surface area (Å²) in [6, 6.07) is 0. The molecular formula is C13H23N5O. The Kier molecular flexibility index (Phi) is 4.42. The van der Waals surface area contributed by atoms with Crippen LogP contribution < -0.4 is 15.5 Å². The number of nitrogens with one attached hydrogen (secondary N) is 2. The Morgan fingerprint density at radius 1 is 1.42 bits per heavy atom. The highest BCUT2D eigenvalue weighted by atomic mass is 16.1. The van der Waals surface area contributed by atoms with E-state index in [1.165, 1.54) is 5.56 Å². The minimum atomic E-state index is 0.134. The van der Waals surface area contributed by atoms with E-state index >= 15 is 0 Å². The van der Waals surface area contributed by atoms with Crippen molar-refractivity contribution in [2.24, 2.45) is 7.05 Å². The van der Waals surface area contributed by atoms with Crippen LogP contribution in [-0.4, -0.2) is 41.9 Å². The Balaban J connectivity index is 2.24. The van der Waals surface area contributed by atoms with Gasteiger partial charge in [0.05, 0.1) is 5.69 Å². The number of carbonyl (C=O) groups excluding carboxylic acids is 1. The van der Waals surface area contributed by atoms with Crippen LogP contribution in [0.5, 0.6) is 0 Å². The fourth-order valence-corrected chi connectivity index (χ4v) is 2.52. The van der Waals surface area contributed by atoms with E-state index < -0.39 is 0 Å². The number of nitrogens with zero attached hydrogens (tertiary/aromatic N) is 3. The highest BCUT2D eigenvalue weighted by molar-refractivity contribution is 5.77. The Hall–Kier alpha value is -1.56. The van der Waals surface area contributed by atoms with Crippen LogP contribution in [-0.2, 0) is 18.4 Å². The van der Waals surface area contributed by atoms with E-state index in [9.17, 15) is 4.79 Å². The first-order valence-electron chi connectivity index (χ1n) is 6.88. The lowest BCUT2D eigenvalue weighted by Crippen LogP contribution is -2.31. The summed E-state index contributed by atoms with van der Waals surface area (Å²) >= 11 is 0. The smallest absolute Gasteiger partial charge is 0.221 e. The Labute approximate surface area is 114 Å². The number of hydrogen-bond donors (Lipinski definition) is 2. The number of hydrogen-bond acceptors (Lipinski definition) is 4.